The number of rotatable bonds is 9. The number of hydrogen-bond donors (Lipinski definition) is 1. The molecule has 0 aromatic heterocycles. The number of aryl methyl sites for hydroxylation is 2. The van der Waals surface area contributed by atoms with Crippen molar-refractivity contribution >= 4 is 21.6 Å². The van der Waals surface area contributed by atoms with Crippen molar-refractivity contribution in [2.45, 2.75) is 18.7 Å². The maximum absolute atomic E-state index is 13.3. The molecular weight excluding hydrogens is 412 g/mol. The molecular formula is C24H26N2O4S. The maximum atomic E-state index is 13.3. The smallest absolute Gasteiger partial charge is 0.264 e. The van der Waals surface area contributed by atoms with Gasteiger partial charge < -0.3 is 10.1 Å². The Labute approximate surface area is 183 Å². The molecule has 3 rings (SSSR count). The highest BCUT2D eigenvalue weighted by atomic mass is 32.2. The van der Waals surface area contributed by atoms with E-state index in [1.165, 1.54) is 0 Å². The molecule has 31 heavy (non-hydrogen) atoms. The molecule has 0 fully saturated rings. The highest BCUT2D eigenvalue weighted by Crippen LogP contribution is 2.24. The first-order chi connectivity index (χ1) is 14.9. The number of carbonyl (C=O) groups is 1. The Hall–Kier alpha value is -3.32. The van der Waals surface area contributed by atoms with Gasteiger partial charge >= 0.3 is 0 Å². The largest absolute Gasteiger partial charge is 0.492 e. The topological polar surface area (TPSA) is 75.7 Å². The summed E-state index contributed by atoms with van der Waals surface area (Å²) >= 11 is 0. The fourth-order valence-electron chi connectivity index (χ4n) is 3.00. The van der Waals surface area contributed by atoms with E-state index in [1.54, 1.807) is 42.5 Å². The zero-order valence-electron chi connectivity index (χ0n) is 17.6. The standard InChI is InChI=1S/C24H26N2O4S/c1-19-11-13-23(14-12-19)31(28,29)26(21-8-6-7-20(2)17-21)18-24(27)25-15-16-30-22-9-4-3-5-10-22/h3-14,17H,15-16,18H2,1-2H3,(H,25,27). The first-order valence-electron chi connectivity index (χ1n) is 9.97. The van der Waals surface area contributed by atoms with Crippen LogP contribution in [0.2, 0.25) is 0 Å². The summed E-state index contributed by atoms with van der Waals surface area (Å²) in [5.74, 6) is 0.300. The van der Waals surface area contributed by atoms with Crippen molar-refractivity contribution < 1.29 is 17.9 Å². The van der Waals surface area contributed by atoms with Crippen molar-refractivity contribution in [3.63, 3.8) is 0 Å². The van der Waals surface area contributed by atoms with Gasteiger partial charge in [-0.05, 0) is 55.8 Å². The molecule has 1 N–H and O–H groups in total. The van der Waals surface area contributed by atoms with Crippen molar-refractivity contribution in [2.75, 3.05) is 24.0 Å². The van der Waals surface area contributed by atoms with Gasteiger partial charge in [0.05, 0.1) is 17.1 Å². The number of ether oxygens (including phenoxy) is 1. The van der Waals surface area contributed by atoms with E-state index < -0.39 is 15.9 Å². The number of nitrogens with one attached hydrogen (secondary N) is 1. The minimum Gasteiger partial charge on any atom is -0.492 e. The van der Waals surface area contributed by atoms with Crippen molar-refractivity contribution in [1.82, 2.24) is 5.32 Å². The molecule has 0 aliphatic rings. The third-order valence-electron chi connectivity index (χ3n) is 4.62. The van der Waals surface area contributed by atoms with Crippen molar-refractivity contribution in [1.29, 1.82) is 0 Å². The number of para-hydroxylation sites is 1. The lowest BCUT2D eigenvalue weighted by Gasteiger charge is -2.24. The number of benzene rings is 3. The summed E-state index contributed by atoms with van der Waals surface area (Å²) in [5.41, 5.74) is 2.30. The molecule has 0 aliphatic carbocycles. The van der Waals surface area contributed by atoms with Gasteiger partial charge in [0.15, 0.2) is 0 Å². The fraction of sp³-hybridized carbons (Fsp3) is 0.208. The van der Waals surface area contributed by atoms with E-state index in [9.17, 15) is 13.2 Å². The molecule has 162 valence electrons. The summed E-state index contributed by atoms with van der Waals surface area (Å²) in [6.07, 6.45) is 0. The van der Waals surface area contributed by atoms with Crippen LogP contribution in [0.5, 0.6) is 5.75 Å². The van der Waals surface area contributed by atoms with E-state index in [4.69, 9.17) is 4.74 Å². The van der Waals surface area contributed by atoms with Gasteiger partial charge in [-0.25, -0.2) is 8.42 Å². The summed E-state index contributed by atoms with van der Waals surface area (Å²) in [4.78, 5) is 12.7. The Morgan fingerprint density at radius 1 is 0.903 bits per heavy atom. The molecule has 3 aromatic carbocycles. The molecule has 1 amide bonds. The van der Waals surface area contributed by atoms with Crippen LogP contribution in [0.25, 0.3) is 0 Å². The van der Waals surface area contributed by atoms with Gasteiger partial charge in [0.1, 0.15) is 18.9 Å². The van der Waals surface area contributed by atoms with Crippen LogP contribution in [0.15, 0.2) is 83.8 Å². The molecule has 0 heterocycles. The molecule has 0 aliphatic heterocycles. The molecule has 7 heteroatoms. The lowest BCUT2D eigenvalue weighted by Crippen LogP contribution is -2.42. The van der Waals surface area contributed by atoms with E-state index in [0.717, 1.165) is 15.4 Å². The zero-order valence-corrected chi connectivity index (χ0v) is 18.4. The predicted octanol–water partition coefficient (Wildman–Crippen LogP) is 3.69. The van der Waals surface area contributed by atoms with Gasteiger partial charge in [-0.1, -0.05) is 48.0 Å². The van der Waals surface area contributed by atoms with Crippen LogP contribution in [0.4, 0.5) is 5.69 Å². The summed E-state index contributed by atoms with van der Waals surface area (Å²) in [7, 11) is -3.92. The average molecular weight is 439 g/mol. The Kier molecular flexibility index (Phi) is 7.31. The van der Waals surface area contributed by atoms with E-state index in [0.29, 0.717) is 11.4 Å². The van der Waals surface area contributed by atoms with Crippen molar-refractivity contribution in [2.24, 2.45) is 0 Å². The highest BCUT2D eigenvalue weighted by Gasteiger charge is 2.27. The zero-order chi connectivity index (χ0) is 22.3. The second-order valence-electron chi connectivity index (χ2n) is 7.18. The predicted molar refractivity (Wildman–Crippen MR) is 122 cm³/mol. The van der Waals surface area contributed by atoms with E-state index in [1.807, 2.05) is 50.2 Å². The van der Waals surface area contributed by atoms with E-state index >= 15 is 0 Å². The summed E-state index contributed by atoms with van der Waals surface area (Å²) in [6.45, 7) is 3.98. The van der Waals surface area contributed by atoms with Gasteiger partial charge in [-0.3, -0.25) is 9.10 Å². The monoisotopic (exact) mass is 438 g/mol. The van der Waals surface area contributed by atoms with Crippen molar-refractivity contribution in [3.8, 4) is 5.75 Å². The summed E-state index contributed by atoms with van der Waals surface area (Å²) in [5, 5.41) is 2.73. The minimum atomic E-state index is -3.92. The van der Waals surface area contributed by atoms with Crippen LogP contribution < -0.4 is 14.4 Å². The van der Waals surface area contributed by atoms with Crippen LogP contribution >= 0.6 is 0 Å². The highest BCUT2D eigenvalue weighted by molar-refractivity contribution is 7.92. The molecule has 0 spiro atoms. The Morgan fingerprint density at radius 3 is 2.29 bits per heavy atom. The summed E-state index contributed by atoms with van der Waals surface area (Å²) in [6, 6.07) is 22.9. The van der Waals surface area contributed by atoms with E-state index in [2.05, 4.69) is 5.32 Å². The van der Waals surface area contributed by atoms with Crippen LogP contribution in [-0.4, -0.2) is 34.0 Å². The molecule has 0 bridgehead atoms. The lowest BCUT2D eigenvalue weighted by molar-refractivity contribution is -0.119. The van der Waals surface area contributed by atoms with Crippen LogP contribution in [0.3, 0.4) is 0 Å². The van der Waals surface area contributed by atoms with Crippen LogP contribution in [-0.2, 0) is 14.8 Å². The fourth-order valence-corrected chi connectivity index (χ4v) is 4.41. The first kappa shape index (κ1) is 22.4. The second-order valence-corrected chi connectivity index (χ2v) is 9.04. The third-order valence-corrected chi connectivity index (χ3v) is 6.41. The number of amides is 1. The summed E-state index contributed by atoms with van der Waals surface area (Å²) < 4.78 is 33.4. The minimum absolute atomic E-state index is 0.139. The van der Waals surface area contributed by atoms with Gasteiger partial charge in [0, 0.05) is 0 Å². The molecule has 0 saturated heterocycles. The lowest BCUT2D eigenvalue weighted by atomic mass is 10.2. The molecule has 0 unspecified atom stereocenters. The Bertz CT molecular complexity index is 1110. The second kappa shape index (κ2) is 10.1. The van der Waals surface area contributed by atoms with Gasteiger partial charge in [-0.15, -0.1) is 0 Å². The Balaban J connectivity index is 1.72. The number of hydrogen-bond acceptors (Lipinski definition) is 4. The maximum Gasteiger partial charge on any atom is 0.264 e. The number of nitrogens with zero attached hydrogens (tertiary/aromatic N) is 1. The first-order valence-corrected chi connectivity index (χ1v) is 11.4. The molecule has 6 nitrogen and oxygen atoms in total. The van der Waals surface area contributed by atoms with Gasteiger partial charge in [-0.2, -0.15) is 0 Å². The van der Waals surface area contributed by atoms with Crippen LogP contribution in [0, 0.1) is 13.8 Å². The number of carbonyl (C=O) groups excluding carboxylic acids is 1. The number of anilines is 1. The van der Waals surface area contributed by atoms with Gasteiger partial charge in [0.25, 0.3) is 10.0 Å². The number of sulfonamides is 1. The molecule has 0 atom stereocenters. The molecule has 3 aromatic rings. The quantitative estimate of drug-likeness (QED) is 0.517. The Morgan fingerprint density at radius 2 is 1.61 bits per heavy atom. The average Bonchev–Trinajstić information content (AvgIpc) is 2.76. The molecule has 0 saturated carbocycles. The third kappa shape index (κ3) is 6.08. The molecule has 0 radical (unpaired) electrons. The SMILES string of the molecule is Cc1ccc(S(=O)(=O)N(CC(=O)NCCOc2ccccc2)c2cccc(C)c2)cc1. The normalized spacial score (nSPS) is 11.0. The van der Waals surface area contributed by atoms with E-state index in [-0.39, 0.29) is 24.6 Å². The van der Waals surface area contributed by atoms with Crippen molar-refractivity contribution in [3.05, 3.63) is 90.0 Å². The van der Waals surface area contributed by atoms with Crippen LogP contribution in [0.1, 0.15) is 11.1 Å². The van der Waals surface area contributed by atoms with Gasteiger partial charge in [0.2, 0.25) is 5.91 Å².